The molecule has 2 aliphatic heterocycles. The number of halogens is 1. The smallest absolute Gasteiger partial charge is 0.0642 e. The molecule has 3 rings (SSSR count). The minimum atomic E-state index is 0.604. The van der Waals surface area contributed by atoms with Crippen molar-refractivity contribution in [2.24, 2.45) is 0 Å². The predicted octanol–water partition coefficient (Wildman–Crippen LogP) is 3.17. The summed E-state index contributed by atoms with van der Waals surface area (Å²) in [5.74, 6) is 0. The molecule has 0 amide bonds. The van der Waals surface area contributed by atoms with E-state index in [1.54, 1.807) is 0 Å². The van der Waals surface area contributed by atoms with E-state index in [0.717, 1.165) is 50.4 Å². The highest BCUT2D eigenvalue weighted by Gasteiger charge is 2.18. The number of thioether (sulfide) groups is 1. The lowest BCUT2D eigenvalue weighted by Gasteiger charge is -2.29. The molecule has 0 bridgehead atoms. The number of hydrogen-bond donors (Lipinski definition) is 0. The van der Waals surface area contributed by atoms with Gasteiger partial charge in [-0.1, -0.05) is 15.9 Å². The van der Waals surface area contributed by atoms with Crippen molar-refractivity contribution in [3.8, 4) is 0 Å². The normalized spacial score (nSPS) is 23.8. The molecule has 1 unspecified atom stereocenters. The Hall–Kier alpha value is -0.230. The summed E-state index contributed by atoms with van der Waals surface area (Å²) in [6.07, 6.45) is 1.16. The molecule has 0 aromatic heterocycles. The maximum absolute atomic E-state index is 5.45. The van der Waals surface area contributed by atoms with Crippen molar-refractivity contribution in [2.45, 2.75) is 16.6 Å². The fraction of sp³-hybridized carbons (Fsp3) is 0.571. The van der Waals surface area contributed by atoms with Crippen LogP contribution >= 0.6 is 27.7 Å². The zero-order chi connectivity index (χ0) is 13.1. The van der Waals surface area contributed by atoms with Gasteiger partial charge >= 0.3 is 0 Å². The van der Waals surface area contributed by atoms with Gasteiger partial charge in [0.25, 0.3) is 0 Å². The quantitative estimate of drug-likeness (QED) is 0.840. The van der Waals surface area contributed by atoms with Crippen LogP contribution in [0, 0.1) is 0 Å². The highest BCUT2D eigenvalue weighted by molar-refractivity contribution is 9.10. The molecule has 0 spiro atoms. The van der Waals surface area contributed by atoms with Crippen LogP contribution in [0.15, 0.2) is 27.6 Å². The van der Waals surface area contributed by atoms with E-state index in [-0.39, 0.29) is 0 Å². The van der Waals surface area contributed by atoms with E-state index in [1.807, 2.05) is 11.8 Å². The topological polar surface area (TPSA) is 21.7 Å². The molecule has 0 saturated carbocycles. The monoisotopic (exact) mass is 343 g/mol. The summed E-state index contributed by atoms with van der Waals surface area (Å²) < 4.78 is 12.0. The van der Waals surface area contributed by atoms with E-state index >= 15 is 0 Å². The summed E-state index contributed by atoms with van der Waals surface area (Å²) in [7, 11) is 0. The first-order valence-corrected chi connectivity index (χ1v) is 8.36. The average Bonchev–Trinajstić information content (AvgIpc) is 2.92. The molecule has 2 saturated heterocycles. The Bertz CT molecular complexity index is 431. The number of ether oxygens (including phenoxy) is 2. The molecule has 0 N–H and O–H groups in total. The standard InChI is InChI=1S/C14H18BrNO2S/c15-11-7-12(16-2-5-17-6-3-16)9-14(8-11)19-13-1-4-18-10-13/h7-9,13H,1-6,10H2. The molecule has 2 aliphatic rings. The molecular formula is C14H18BrNO2S. The maximum Gasteiger partial charge on any atom is 0.0642 e. The molecule has 2 heterocycles. The first-order valence-electron chi connectivity index (χ1n) is 6.69. The van der Waals surface area contributed by atoms with Gasteiger partial charge in [0.1, 0.15) is 0 Å². The zero-order valence-corrected chi connectivity index (χ0v) is 13.2. The summed E-state index contributed by atoms with van der Waals surface area (Å²) in [6.45, 7) is 5.39. The van der Waals surface area contributed by atoms with E-state index in [2.05, 4.69) is 39.0 Å². The third-order valence-electron chi connectivity index (χ3n) is 3.42. The molecule has 1 aromatic rings. The lowest BCUT2D eigenvalue weighted by Crippen LogP contribution is -2.36. The van der Waals surface area contributed by atoms with Gasteiger partial charge in [0.05, 0.1) is 19.8 Å². The molecule has 3 nitrogen and oxygen atoms in total. The molecule has 1 atom stereocenters. The van der Waals surface area contributed by atoms with E-state index in [1.165, 1.54) is 10.6 Å². The van der Waals surface area contributed by atoms with Crippen molar-refractivity contribution in [2.75, 3.05) is 44.4 Å². The van der Waals surface area contributed by atoms with Gasteiger partial charge in [0.15, 0.2) is 0 Å². The van der Waals surface area contributed by atoms with Gasteiger partial charge in [-0.25, -0.2) is 0 Å². The van der Waals surface area contributed by atoms with Crippen molar-refractivity contribution >= 4 is 33.4 Å². The molecule has 1 aromatic carbocycles. The number of anilines is 1. The van der Waals surface area contributed by atoms with Crippen molar-refractivity contribution in [3.63, 3.8) is 0 Å². The second-order valence-electron chi connectivity index (χ2n) is 4.85. The predicted molar refractivity (Wildman–Crippen MR) is 82.3 cm³/mol. The second-order valence-corrected chi connectivity index (χ2v) is 7.14. The maximum atomic E-state index is 5.45. The summed E-state index contributed by atoms with van der Waals surface area (Å²) >= 11 is 5.56. The van der Waals surface area contributed by atoms with Gasteiger partial charge in [-0.2, -0.15) is 0 Å². The van der Waals surface area contributed by atoms with Crippen molar-refractivity contribution in [1.29, 1.82) is 0 Å². The minimum absolute atomic E-state index is 0.604. The van der Waals surface area contributed by atoms with Crippen LogP contribution in [0.2, 0.25) is 0 Å². The minimum Gasteiger partial charge on any atom is -0.380 e. The van der Waals surface area contributed by atoms with Crippen LogP contribution in [0.25, 0.3) is 0 Å². The molecule has 5 heteroatoms. The number of benzene rings is 1. The van der Waals surface area contributed by atoms with Crippen LogP contribution in [0.4, 0.5) is 5.69 Å². The van der Waals surface area contributed by atoms with E-state index in [4.69, 9.17) is 9.47 Å². The third-order valence-corrected chi connectivity index (χ3v) is 5.09. The van der Waals surface area contributed by atoms with Gasteiger partial charge in [0.2, 0.25) is 0 Å². The molecule has 0 radical (unpaired) electrons. The fourth-order valence-electron chi connectivity index (χ4n) is 2.42. The number of rotatable bonds is 3. The van der Waals surface area contributed by atoms with Crippen LogP contribution in [-0.2, 0) is 9.47 Å². The van der Waals surface area contributed by atoms with Gasteiger partial charge in [0, 0.05) is 40.0 Å². The number of hydrogen-bond acceptors (Lipinski definition) is 4. The summed E-state index contributed by atoms with van der Waals surface area (Å²) in [5.41, 5.74) is 1.29. The highest BCUT2D eigenvalue weighted by Crippen LogP contribution is 2.34. The Morgan fingerprint density at radius 2 is 1.95 bits per heavy atom. The van der Waals surface area contributed by atoms with Crippen LogP contribution in [0.1, 0.15) is 6.42 Å². The molecule has 19 heavy (non-hydrogen) atoms. The van der Waals surface area contributed by atoms with Crippen LogP contribution in [-0.4, -0.2) is 44.8 Å². The van der Waals surface area contributed by atoms with Crippen molar-refractivity contribution in [1.82, 2.24) is 0 Å². The molecule has 0 aliphatic carbocycles. The second kappa shape index (κ2) is 6.48. The summed E-state index contributed by atoms with van der Waals surface area (Å²) in [6, 6.07) is 6.69. The average molecular weight is 344 g/mol. The van der Waals surface area contributed by atoms with Gasteiger partial charge in [-0.3, -0.25) is 0 Å². The lowest BCUT2D eigenvalue weighted by atomic mass is 10.2. The lowest BCUT2D eigenvalue weighted by molar-refractivity contribution is 0.122. The Morgan fingerprint density at radius 3 is 2.68 bits per heavy atom. The van der Waals surface area contributed by atoms with E-state index < -0.39 is 0 Å². The summed E-state index contributed by atoms with van der Waals surface area (Å²) in [4.78, 5) is 3.72. The van der Waals surface area contributed by atoms with Crippen LogP contribution in [0.3, 0.4) is 0 Å². The largest absolute Gasteiger partial charge is 0.380 e. The first kappa shape index (κ1) is 13.7. The van der Waals surface area contributed by atoms with Crippen molar-refractivity contribution < 1.29 is 9.47 Å². The van der Waals surface area contributed by atoms with Gasteiger partial charge in [-0.05, 0) is 24.6 Å². The third kappa shape index (κ3) is 3.66. The number of morpholine rings is 1. The Kier molecular flexibility index (Phi) is 4.69. The first-order chi connectivity index (χ1) is 9.31. The van der Waals surface area contributed by atoms with Crippen LogP contribution < -0.4 is 4.90 Å². The summed E-state index contributed by atoms with van der Waals surface area (Å²) in [5, 5.41) is 0.604. The number of nitrogens with zero attached hydrogens (tertiary/aromatic N) is 1. The SMILES string of the molecule is Brc1cc(SC2CCOC2)cc(N2CCOCC2)c1. The van der Waals surface area contributed by atoms with E-state index in [0.29, 0.717) is 5.25 Å². The molecule has 104 valence electrons. The fourth-order valence-corrected chi connectivity index (χ4v) is 4.20. The zero-order valence-electron chi connectivity index (χ0n) is 10.8. The van der Waals surface area contributed by atoms with E-state index in [9.17, 15) is 0 Å². The Morgan fingerprint density at radius 1 is 1.11 bits per heavy atom. The van der Waals surface area contributed by atoms with Crippen molar-refractivity contribution in [3.05, 3.63) is 22.7 Å². The van der Waals surface area contributed by atoms with Crippen LogP contribution in [0.5, 0.6) is 0 Å². The molecular weight excluding hydrogens is 326 g/mol. The molecule has 2 fully saturated rings. The Labute approximate surface area is 126 Å². The Balaban J connectivity index is 1.74. The highest BCUT2D eigenvalue weighted by atomic mass is 79.9. The van der Waals surface area contributed by atoms with Gasteiger partial charge in [-0.15, -0.1) is 11.8 Å². The van der Waals surface area contributed by atoms with Gasteiger partial charge < -0.3 is 14.4 Å².